The van der Waals surface area contributed by atoms with Crippen LogP contribution < -0.4 is 11.3 Å². The molecule has 0 saturated carbocycles. The van der Waals surface area contributed by atoms with Crippen LogP contribution in [0.3, 0.4) is 0 Å². The molecule has 0 fully saturated rings. The van der Waals surface area contributed by atoms with E-state index in [4.69, 9.17) is 5.84 Å². The largest absolute Gasteiger partial charge is 0.271 e. The number of hydrogen-bond acceptors (Lipinski definition) is 2. The maximum absolute atomic E-state index is 13.7. The fourth-order valence-corrected chi connectivity index (χ4v) is 2.55. The molecule has 0 heterocycles. The first-order valence-electron chi connectivity index (χ1n) is 7.50. The van der Waals surface area contributed by atoms with Crippen molar-refractivity contribution in [2.45, 2.75) is 58.4 Å². The van der Waals surface area contributed by atoms with Crippen molar-refractivity contribution in [3.63, 3.8) is 0 Å². The fraction of sp³-hybridized carbons (Fsp3) is 0.625. The molecule has 0 spiro atoms. The van der Waals surface area contributed by atoms with Crippen molar-refractivity contribution >= 4 is 0 Å². The number of unbranched alkanes of at least 4 members (excludes halogenated alkanes) is 1. The Hall–Kier alpha value is -1.00. The molecular formula is C16H26F2N2. The van der Waals surface area contributed by atoms with E-state index in [0.29, 0.717) is 17.9 Å². The number of nitrogens with one attached hydrogen (secondary N) is 1. The van der Waals surface area contributed by atoms with Crippen LogP contribution >= 0.6 is 0 Å². The molecule has 2 nitrogen and oxygen atoms in total. The Bertz CT molecular complexity index is 396. The zero-order valence-electron chi connectivity index (χ0n) is 12.5. The van der Waals surface area contributed by atoms with Crippen molar-refractivity contribution in [3.05, 3.63) is 35.4 Å². The standard InChI is InChI=1S/C16H26F2N2/c1-3-5-6-12(4-2)9-15(20-19)10-13-7-8-14(17)11-16(13)18/h7-8,11-12,15,20H,3-6,9-10,19H2,1-2H3. The summed E-state index contributed by atoms with van der Waals surface area (Å²) < 4.78 is 26.6. The molecule has 4 heteroatoms. The van der Waals surface area contributed by atoms with Gasteiger partial charge < -0.3 is 0 Å². The molecule has 0 aliphatic rings. The van der Waals surface area contributed by atoms with Gasteiger partial charge in [-0.05, 0) is 30.4 Å². The molecule has 1 aromatic rings. The molecule has 20 heavy (non-hydrogen) atoms. The summed E-state index contributed by atoms with van der Waals surface area (Å²) in [5, 5.41) is 0. The molecule has 2 atom stereocenters. The van der Waals surface area contributed by atoms with Crippen LogP contribution in [0.25, 0.3) is 0 Å². The minimum Gasteiger partial charge on any atom is -0.271 e. The lowest BCUT2D eigenvalue weighted by atomic mass is 9.90. The lowest BCUT2D eigenvalue weighted by Gasteiger charge is -2.22. The summed E-state index contributed by atoms with van der Waals surface area (Å²) in [6.45, 7) is 4.35. The highest BCUT2D eigenvalue weighted by Gasteiger charge is 2.16. The normalized spacial score (nSPS) is 14.2. The number of halogens is 2. The van der Waals surface area contributed by atoms with Gasteiger partial charge in [-0.25, -0.2) is 8.78 Å². The van der Waals surface area contributed by atoms with Gasteiger partial charge in [0.1, 0.15) is 11.6 Å². The maximum Gasteiger partial charge on any atom is 0.129 e. The lowest BCUT2D eigenvalue weighted by Crippen LogP contribution is -2.38. The van der Waals surface area contributed by atoms with Gasteiger partial charge in [0.2, 0.25) is 0 Å². The van der Waals surface area contributed by atoms with E-state index in [2.05, 4.69) is 19.3 Å². The third-order valence-electron chi connectivity index (χ3n) is 3.88. The van der Waals surface area contributed by atoms with Gasteiger partial charge >= 0.3 is 0 Å². The van der Waals surface area contributed by atoms with E-state index < -0.39 is 11.6 Å². The molecule has 0 amide bonds. The molecule has 1 aromatic carbocycles. The van der Waals surface area contributed by atoms with Gasteiger partial charge in [0.05, 0.1) is 0 Å². The second-order valence-electron chi connectivity index (χ2n) is 5.46. The van der Waals surface area contributed by atoms with Gasteiger partial charge in [0.15, 0.2) is 0 Å². The summed E-state index contributed by atoms with van der Waals surface area (Å²) in [6.07, 6.45) is 6.08. The van der Waals surface area contributed by atoms with Crippen LogP contribution in [0.4, 0.5) is 8.78 Å². The molecule has 114 valence electrons. The first kappa shape index (κ1) is 17.1. The Labute approximate surface area is 120 Å². The topological polar surface area (TPSA) is 38.0 Å². The highest BCUT2D eigenvalue weighted by molar-refractivity contribution is 5.19. The number of rotatable bonds is 9. The molecule has 0 bridgehead atoms. The molecule has 3 N–H and O–H groups in total. The van der Waals surface area contributed by atoms with Gasteiger partial charge in [-0.3, -0.25) is 11.3 Å². The Morgan fingerprint density at radius 2 is 2.00 bits per heavy atom. The molecular weight excluding hydrogens is 258 g/mol. The van der Waals surface area contributed by atoms with E-state index in [-0.39, 0.29) is 6.04 Å². The average Bonchev–Trinajstić information content (AvgIpc) is 2.44. The van der Waals surface area contributed by atoms with Gasteiger partial charge in [0, 0.05) is 12.1 Å². The smallest absolute Gasteiger partial charge is 0.129 e. The number of hydrogen-bond donors (Lipinski definition) is 2. The van der Waals surface area contributed by atoms with E-state index >= 15 is 0 Å². The van der Waals surface area contributed by atoms with E-state index in [9.17, 15) is 8.78 Å². The summed E-state index contributed by atoms with van der Waals surface area (Å²) in [5.74, 6) is 5.15. The van der Waals surface area contributed by atoms with Gasteiger partial charge in [-0.2, -0.15) is 0 Å². The highest BCUT2D eigenvalue weighted by Crippen LogP contribution is 2.21. The van der Waals surface area contributed by atoms with Gasteiger partial charge in [-0.15, -0.1) is 0 Å². The van der Waals surface area contributed by atoms with Crippen LogP contribution in [-0.2, 0) is 6.42 Å². The van der Waals surface area contributed by atoms with E-state index in [1.807, 2.05) is 0 Å². The first-order chi connectivity index (χ1) is 9.60. The third-order valence-corrected chi connectivity index (χ3v) is 3.88. The predicted molar refractivity (Wildman–Crippen MR) is 79.1 cm³/mol. The molecule has 2 unspecified atom stereocenters. The molecule has 0 radical (unpaired) electrons. The first-order valence-corrected chi connectivity index (χ1v) is 7.50. The predicted octanol–water partition coefficient (Wildman–Crippen LogP) is 3.95. The van der Waals surface area contributed by atoms with Crippen LogP contribution in [0.1, 0.15) is 51.5 Å². The number of nitrogens with two attached hydrogens (primary N) is 1. The van der Waals surface area contributed by atoms with Crippen LogP contribution in [0.2, 0.25) is 0 Å². The zero-order valence-corrected chi connectivity index (χ0v) is 12.5. The van der Waals surface area contributed by atoms with Crippen molar-refractivity contribution < 1.29 is 8.78 Å². The summed E-state index contributed by atoms with van der Waals surface area (Å²) in [5.41, 5.74) is 3.29. The van der Waals surface area contributed by atoms with Crippen molar-refractivity contribution in [2.75, 3.05) is 0 Å². The minimum absolute atomic E-state index is 0.0248. The molecule has 0 saturated heterocycles. The summed E-state index contributed by atoms with van der Waals surface area (Å²) in [4.78, 5) is 0. The number of benzene rings is 1. The van der Waals surface area contributed by atoms with E-state index in [1.165, 1.54) is 31.4 Å². The van der Waals surface area contributed by atoms with Crippen LogP contribution in [0.5, 0.6) is 0 Å². The molecule has 0 aliphatic carbocycles. The lowest BCUT2D eigenvalue weighted by molar-refractivity contribution is 0.347. The highest BCUT2D eigenvalue weighted by atomic mass is 19.1. The fourth-order valence-electron chi connectivity index (χ4n) is 2.55. The van der Waals surface area contributed by atoms with Crippen LogP contribution in [0, 0.1) is 17.6 Å². The second-order valence-corrected chi connectivity index (χ2v) is 5.46. The Balaban J connectivity index is 2.61. The third kappa shape index (κ3) is 5.55. The summed E-state index contributed by atoms with van der Waals surface area (Å²) in [6, 6.07) is 3.75. The van der Waals surface area contributed by atoms with E-state index in [0.717, 1.165) is 18.9 Å². The minimum atomic E-state index is -0.544. The Kier molecular flexibility index (Phi) is 7.70. The summed E-state index contributed by atoms with van der Waals surface area (Å²) in [7, 11) is 0. The van der Waals surface area contributed by atoms with Crippen molar-refractivity contribution in [2.24, 2.45) is 11.8 Å². The SMILES string of the molecule is CCCCC(CC)CC(Cc1ccc(F)cc1F)NN. The Morgan fingerprint density at radius 3 is 2.55 bits per heavy atom. The number of hydrazine groups is 1. The molecule has 1 rings (SSSR count). The maximum atomic E-state index is 13.7. The quantitative estimate of drug-likeness (QED) is 0.532. The monoisotopic (exact) mass is 284 g/mol. The molecule has 0 aliphatic heterocycles. The van der Waals surface area contributed by atoms with Crippen LogP contribution in [0.15, 0.2) is 18.2 Å². The van der Waals surface area contributed by atoms with Gasteiger partial charge in [-0.1, -0.05) is 45.6 Å². The summed E-state index contributed by atoms with van der Waals surface area (Å²) >= 11 is 0. The second kappa shape index (κ2) is 9.03. The van der Waals surface area contributed by atoms with Crippen LogP contribution in [-0.4, -0.2) is 6.04 Å². The van der Waals surface area contributed by atoms with Crippen molar-refractivity contribution in [3.8, 4) is 0 Å². The zero-order chi connectivity index (χ0) is 15.0. The Morgan fingerprint density at radius 1 is 1.25 bits per heavy atom. The van der Waals surface area contributed by atoms with Crippen molar-refractivity contribution in [1.82, 2.24) is 5.43 Å². The molecule has 0 aromatic heterocycles. The average molecular weight is 284 g/mol. The van der Waals surface area contributed by atoms with Gasteiger partial charge in [0.25, 0.3) is 0 Å². The van der Waals surface area contributed by atoms with E-state index in [1.54, 1.807) is 0 Å². The van der Waals surface area contributed by atoms with Crippen molar-refractivity contribution in [1.29, 1.82) is 0 Å².